The molecule has 0 spiro atoms. The molecule has 4 nitrogen and oxygen atoms in total. The SMILES string of the molecule is CCOC(C)c1nc(N)c2c(n1)CCC2. The monoisotopic (exact) mass is 207 g/mol. The maximum Gasteiger partial charge on any atom is 0.159 e. The lowest BCUT2D eigenvalue weighted by atomic mass is 10.2. The van der Waals surface area contributed by atoms with Gasteiger partial charge in [0.15, 0.2) is 5.82 Å². The molecular formula is C11H17N3O. The summed E-state index contributed by atoms with van der Waals surface area (Å²) < 4.78 is 5.46. The highest BCUT2D eigenvalue weighted by atomic mass is 16.5. The molecule has 0 amide bonds. The fourth-order valence-corrected chi connectivity index (χ4v) is 1.99. The molecule has 15 heavy (non-hydrogen) atoms. The summed E-state index contributed by atoms with van der Waals surface area (Å²) in [6, 6.07) is 0. The molecule has 2 N–H and O–H groups in total. The first-order chi connectivity index (χ1) is 7.22. The molecular weight excluding hydrogens is 190 g/mol. The van der Waals surface area contributed by atoms with Gasteiger partial charge in [-0.1, -0.05) is 0 Å². The predicted molar refractivity (Wildman–Crippen MR) is 58.5 cm³/mol. The molecule has 0 aliphatic heterocycles. The number of nitrogens with zero attached hydrogens (tertiary/aromatic N) is 2. The van der Waals surface area contributed by atoms with Gasteiger partial charge in [-0.05, 0) is 33.1 Å². The first-order valence-corrected chi connectivity index (χ1v) is 5.49. The lowest BCUT2D eigenvalue weighted by Crippen LogP contribution is -2.10. The van der Waals surface area contributed by atoms with Crippen LogP contribution in [0.25, 0.3) is 0 Å². The average Bonchev–Trinajstić information content (AvgIpc) is 2.66. The summed E-state index contributed by atoms with van der Waals surface area (Å²) in [6.45, 7) is 4.59. The van der Waals surface area contributed by atoms with Crippen LogP contribution in [0.15, 0.2) is 0 Å². The van der Waals surface area contributed by atoms with Crippen molar-refractivity contribution in [2.45, 2.75) is 39.2 Å². The highest BCUT2D eigenvalue weighted by Gasteiger charge is 2.19. The van der Waals surface area contributed by atoms with E-state index in [1.807, 2.05) is 13.8 Å². The predicted octanol–water partition coefficient (Wildman–Crippen LogP) is 1.65. The lowest BCUT2D eigenvalue weighted by Gasteiger charge is -2.12. The van der Waals surface area contributed by atoms with E-state index in [1.54, 1.807) is 0 Å². The zero-order valence-electron chi connectivity index (χ0n) is 9.29. The van der Waals surface area contributed by atoms with Crippen LogP contribution in [-0.2, 0) is 17.6 Å². The van der Waals surface area contributed by atoms with Crippen molar-refractivity contribution in [3.05, 3.63) is 17.1 Å². The molecule has 4 heteroatoms. The van der Waals surface area contributed by atoms with E-state index in [4.69, 9.17) is 10.5 Å². The Labute approximate surface area is 89.9 Å². The van der Waals surface area contributed by atoms with Gasteiger partial charge in [0.05, 0.1) is 0 Å². The van der Waals surface area contributed by atoms with Crippen LogP contribution in [0, 0.1) is 0 Å². The summed E-state index contributed by atoms with van der Waals surface area (Å²) in [7, 11) is 0. The first-order valence-electron chi connectivity index (χ1n) is 5.49. The smallest absolute Gasteiger partial charge is 0.159 e. The normalized spacial score (nSPS) is 16.4. The second-order valence-corrected chi connectivity index (χ2v) is 3.84. The minimum Gasteiger partial charge on any atom is -0.383 e. The molecule has 1 atom stereocenters. The number of nitrogen functional groups attached to an aromatic ring is 1. The van der Waals surface area contributed by atoms with Crippen LogP contribution in [0.4, 0.5) is 5.82 Å². The van der Waals surface area contributed by atoms with Gasteiger partial charge in [0.2, 0.25) is 0 Å². The van der Waals surface area contributed by atoms with Gasteiger partial charge >= 0.3 is 0 Å². The number of hydrogen-bond acceptors (Lipinski definition) is 4. The maximum atomic E-state index is 5.90. The van der Waals surface area contributed by atoms with Crippen LogP contribution in [-0.4, -0.2) is 16.6 Å². The van der Waals surface area contributed by atoms with Crippen LogP contribution in [0.5, 0.6) is 0 Å². The van der Waals surface area contributed by atoms with Gasteiger partial charge in [-0.3, -0.25) is 0 Å². The van der Waals surface area contributed by atoms with E-state index in [1.165, 1.54) is 0 Å². The summed E-state index contributed by atoms with van der Waals surface area (Å²) in [6.07, 6.45) is 3.11. The van der Waals surface area contributed by atoms with Gasteiger partial charge in [-0.25, -0.2) is 9.97 Å². The number of nitrogens with two attached hydrogens (primary N) is 1. The van der Waals surface area contributed by atoms with Crippen LogP contribution >= 0.6 is 0 Å². The molecule has 1 aliphatic carbocycles. The Morgan fingerprint density at radius 2 is 2.20 bits per heavy atom. The lowest BCUT2D eigenvalue weighted by molar-refractivity contribution is 0.0700. The molecule has 0 bridgehead atoms. The molecule has 0 radical (unpaired) electrons. The van der Waals surface area contributed by atoms with Crippen molar-refractivity contribution in [2.24, 2.45) is 0 Å². The van der Waals surface area contributed by atoms with Crippen LogP contribution in [0.1, 0.15) is 43.5 Å². The van der Waals surface area contributed by atoms with Gasteiger partial charge in [0.1, 0.15) is 11.9 Å². The number of rotatable bonds is 3. The summed E-state index contributed by atoms with van der Waals surface area (Å²) >= 11 is 0. The van der Waals surface area contributed by atoms with E-state index in [-0.39, 0.29) is 6.10 Å². The fraction of sp³-hybridized carbons (Fsp3) is 0.636. The molecule has 0 saturated carbocycles. The fourth-order valence-electron chi connectivity index (χ4n) is 1.99. The molecule has 1 aromatic heterocycles. The molecule has 1 aliphatic rings. The van der Waals surface area contributed by atoms with Crippen molar-refractivity contribution in [1.29, 1.82) is 0 Å². The largest absolute Gasteiger partial charge is 0.383 e. The molecule has 1 heterocycles. The van der Waals surface area contributed by atoms with Crippen molar-refractivity contribution in [2.75, 3.05) is 12.3 Å². The van der Waals surface area contributed by atoms with E-state index in [2.05, 4.69) is 9.97 Å². The zero-order chi connectivity index (χ0) is 10.8. The number of aromatic nitrogens is 2. The number of aryl methyl sites for hydroxylation is 1. The average molecular weight is 207 g/mol. The van der Waals surface area contributed by atoms with Crippen molar-refractivity contribution >= 4 is 5.82 Å². The Balaban J connectivity index is 2.30. The van der Waals surface area contributed by atoms with Crippen LogP contribution < -0.4 is 5.73 Å². The van der Waals surface area contributed by atoms with Crippen molar-refractivity contribution in [1.82, 2.24) is 9.97 Å². The van der Waals surface area contributed by atoms with E-state index in [0.29, 0.717) is 12.4 Å². The van der Waals surface area contributed by atoms with Gasteiger partial charge in [-0.15, -0.1) is 0 Å². The number of anilines is 1. The summed E-state index contributed by atoms with van der Waals surface area (Å²) in [5.74, 6) is 1.36. The van der Waals surface area contributed by atoms with Gasteiger partial charge < -0.3 is 10.5 Å². The van der Waals surface area contributed by atoms with Crippen LogP contribution in [0.3, 0.4) is 0 Å². The summed E-state index contributed by atoms with van der Waals surface area (Å²) in [5, 5.41) is 0. The molecule has 2 rings (SSSR count). The second kappa shape index (κ2) is 4.14. The Kier molecular flexibility index (Phi) is 2.86. The minimum absolute atomic E-state index is 0.0665. The van der Waals surface area contributed by atoms with Crippen molar-refractivity contribution in [3.63, 3.8) is 0 Å². The van der Waals surface area contributed by atoms with Gasteiger partial charge in [0, 0.05) is 17.9 Å². The zero-order valence-corrected chi connectivity index (χ0v) is 9.29. The highest BCUT2D eigenvalue weighted by molar-refractivity contribution is 5.44. The minimum atomic E-state index is -0.0665. The van der Waals surface area contributed by atoms with Crippen molar-refractivity contribution < 1.29 is 4.74 Å². The quantitative estimate of drug-likeness (QED) is 0.818. The molecule has 82 valence electrons. The van der Waals surface area contributed by atoms with Crippen molar-refractivity contribution in [3.8, 4) is 0 Å². The first kappa shape index (κ1) is 10.4. The Bertz CT molecular complexity index is 365. The molecule has 0 aromatic carbocycles. The van der Waals surface area contributed by atoms with Gasteiger partial charge in [-0.2, -0.15) is 0 Å². The summed E-state index contributed by atoms with van der Waals surface area (Å²) in [4.78, 5) is 8.82. The number of ether oxygens (including phenoxy) is 1. The molecule has 1 aromatic rings. The topological polar surface area (TPSA) is 61.0 Å². The van der Waals surface area contributed by atoms with E-state index < -0.39 is 0 Å². The summed E-state index contributed by atoms with van der Waals surface area (Å²) in [5.41, 5.74) is 8.16. The highest BCUT2D eigenvalue weighted by Crippen LogP contribution is 2.26. The Morgan fingerprint density at radius 3 is 2.93 bits per heavy atom. The second-order valence-electron chi connectivity index (χ2n) is 3.84. The molecule has 0 fully saturated rings. The number of hydrogen-bond donors (Lipinski definition) is 1. The number of fused-ring (bicyclic) bond motifs is 1. The van der Waals surface area contributed by atoms with Gasteiger partial charge in [0.25, 0.3) is 0 Å². The third-order valence-corrected chi connectivity index (χ3v) is 2.76. The molecule has 1 unspecified atom stereocenters. The van der Waals surface area contributed by atoms with E-state index in [9.17, 15) is 0 Å². The standard InChI is InChI=1S/C11H17N3O/c1-3-15-7(2)11-13-9-6-4-5-8(9)10(12)14-11/h7H,3-6H2,1-2H3,(H2,12,13,14). The Hall–Kier alpha value is -1.16. The third kappa shape index (κ3) is 1.95. The third-order valence-electron chi connectivity index (χ3n) is 2.76. The van der Waals surface area contributed by atoms with E-state index in [0.717, 1.165) is 36.3 Å². The van der Waals surface area contributed by atoms with Crippen LogP contribution in [0.2, 0.25) is 0 Å². The Morgan fingerprint density at radius 1 is 1.40 bits per heavy atom. The van der Waals surface area contributed by atoms with E-state index >= 15 is 0 Å². The maximum absolute atomic E-state index is 5.90. The molecule has 0 saturated heterocycles.